The van der Waals surface area contributed by atoms with E-state index >= 15 is 0 Å². The van der Waals surface area contributed by atoms with E-state index in [0.29, 0.717) is 47.9 Å². The lowest BCUT2D eigenvalue weighted by atomic mass is 9.86. The fraction of sp³-hybridized carbons (Fsp3) is 0.509. The molecule has 0 radical (unpaired) electrons. The van der Waals surface area contributed by atoms with Gasteiger partial charge >= 0.3 is 11.9 Å². The Kier molecular flexibility index (Phi) is 21.9. The SMILES string of the molecule is CCCN(CCc1cccs1)[C@H]1CCc2c(cccc2OC(=O)CCn2cc(CCC(=O)COCCOCC(=O)NCc3cn(CCC(=O)Oc4cccc5c4CC[C@H](N(CCC)CCc4cccs4)C5)nn3)nn2)C1. The highest BCUT2D eigenvalue weighted by atomic mass is 32.1. The molecule has 0 fully saturated rings. The van der Waals surface area contributed by atoms with Gasteiger partial charge in [0.05, 0.1) is 57.6 Å². The number of carbonyl (C=O) groups is 4. The number of hydrogen-bond acceptors (Lipinski definition) is 16. The summed E-state index contributed by atoms with van der Waals surface area (Å²) in [6.07, 6.45) is 14.4. The highest BCUT2D eigenvalue weighted by Gasteiger charge is 2.28. The normalized spacial score (nSPS) is 15.2. The van der Waals surface area contributed by atoms with Gasteiger partial charge in [0.25, 0.3) is 0 Å². The molecule has 0 saturated heterocycles. The molecule has 6 aromatic rings. The van der Waals surface area contributed by atoms with E-state index in [1.54, 1.807) is 21.8 Å². The molecular weight excluding hydrogens is 1000 g/mol. The van der Waals surface area contributed by atoms with Crippen molar-refractivity contribution in [3.63, 3.8) is 0 Å². The number of rotatable bonds is 32. The van der Waals surface area contributed by atoms with Gasteiger partial charge in [-0.05, 0) is 135 Å². The lowest BCUT2D eigenvalue weighted by Gasteiger charge is -2.35. The van der Waals surface area contributed by atoms with E-state index in [1.807, 2.05) is 46.9 Å². The third-order valence-corrected chi connectivity index (χ3v) is 15.9. The number of nitrogens with zero attached hydrogens (tertiary/aromatic N) is 8. The summed E-state index contributed by atoms with van der Waals surface area (Å²) in [6.45, 7) is 9.45. The third-order valence-electron chi connectivity index (χ3n) is 14.0. The molecule has 0 unspecified atom stereocenters. The summed E-state index contributed by atoms with van der Waals surface area (Å²) in [5, 5.41) is 23.6. The first-order chi connectivity index (χ1) is 37.2. The van der Waals surface area contributed by atoms with Crippen LogP contribution < -0.4 is 14.8 Å². The van der Waals surface area contributed by atoms with Gasteiger partial charge in [-0.2, -0.15) is 0 Å². The Labute approximate surface area is 454 Å². The van der Waals surface area contributed by atoms with Crippen molar-refractivity contribution in [2.24, 2.45) is 0 Å². The Morgan fingerprint density at radius 1 is 0.632 bits per heavy atom. The summed E-state index contributed by atoms with van der Waals surface area (Å²) in [4.78, 5) is 59.0. The average Bonchev–Trinajstić information content (AvgIpc) is 4.30. The van der Waals surface area contributed by atoms with Gasteiger partial charge in [0.15, 0.2) is 5.78 Å². The molecule has 1 N–H and O–H groups in total. The minimum atomic E-state index is -0.341. The summed E-state index contributed by atoms with van der Waals surface area (Å²) in [7, 11) is 0. The van der Waals surface area contributed by atoms with Crippen LogP contribution >= 0.6 is 22.7 Å². The lowest BCUT2D eigenvalue weighted by Crippen LogP contribution is -2.41. The Morgan fingerprint density at radius 3 is 1.68 bits per heavy atom. The number of Topliss-reactive ketones (excluding diaryl/α,β-unsaturated/α-hetero) is 1. The number of ketones is 1. The molecule has 4 heterocycles. The van der Waals surface area contributed by atoms with Gasteiger partial charge < -0.3 is 24.3 Å². The zero-order valence-electron chi connectivity index (χ0n) is 44.1. The molecular formula is C57H73N9O8S2. The fourth-order valence-corrected chi connectivity index (χ4v) is 11.6. The zero-order valence-corrected chi connectivity index (χ0v) is 45.7. The van der Waals surface area contributed by atoms with Crippen molar-refractivity contribution in [3.05, 3.63) is 127 Å². The average molecular weight is 1080 g/mol. The first-order valence-corrected chi connectivity index (χ1v) is 28.8. The van der Waals surface area contributed by atoms with E-state index in [1.165, 1.54) is 20.9 Å². The van der Waals surface area contributed by atoms with E-state index < -0.39 is 0 Å². The number of amides is 1. The number of aromatic nitrogens is 6. The Hall–Kier alpha value is -5.96. The van der Waals surface area contributed by atoms with Crippen LogP contribution in [0.1, 0.15) is 102 Å². The molecule has 76 heavy (non-hydrogen) atoms. The molecule has 0 bridgehead atoms. The molecule has 0 aliphatic heterocycles. The molecule has 1 amide bonds. The molecule has 0 spiro atoms. The quantitative estimate of drug-likeness (QED) is 0.0249. The largest absolute Gasteiger partial charge is 0.426 e. The van der Waals surface area contributed by atoms with Crippen LogP contribution in [-0.2, 0) is 93.2 Å². The van der Waals surface area contributed by atoms with E-state index in [0.717, 1.165) is 102 Å². The second-order valence-electron chi connectivity index (χ2n) is 19.6. The standard InChI is InChI=1S/C57H73N9O8S2/c1-3-25-63(27-21-49-11-7-33-75-49)46-16-19-51-42(35-46)9-5-13-53(51)73-56(69)23-29-65-38-44(59-61-65)15-18-48(67)40-71-31-32-72-41-55(68)58-37-45-39-66(62-60-45)30-24-57(70)74-54-14-6-10-43-36-47(17-20-52(43)54)64(26-4-2)28-22-50-12-8-34-76-50/h5-14,33-34,38-39,46-47H,3-4,15-32,35-37,40-41H2,1-2H3,(H,58,68)/t46-,47-/m0/s1. The van der Waals surface area contributed by atoms with E-state index in [2.05, 4.69) is 96.7 Å². The number of esters is 2. The van der Waals surface area contributed by atoms with Crippen LogP contribution in [0.5, 0.6) is 11.5 Å². The number of benzene rings is 2. The molecule has 2 atom stereocenters. The summed E-state index contributed by atoms with van der Waals surface area (Å²) in [6, 6.07) is 21.7. The molecule has 2 aliphatic carbocycles. The van der Waals surface area contributed by atoms with Crippen molar-refractivity contribution in [3.8, 4) is 11.5 Å². The highest BCUT2D eigenvalue weighted by Crippen LogP contribution is 2.34. The number of thiophene rings is 2. The highest BCUT2D eigenvalue weighted by molar-refractivity contribution is 7.10. The van der Waals surface area contributed by atoms with Crippen molar-refractivity contribution < 1.29 is 38.1 Å². The maximum Gasteiger partial charge on any atom is 0.313 e. The second-order valence-corrected chi connectivity index (χ2v) is 21.7. The maximum atomic E-state index is 13.0. The number of hydrogen-bond donors (Lipinski definition) is 1. The van der Waals surface area contributed by atoms with Crippen molar-refractivity contribution in [1.82, 2.24) is 45.1 Å². The van der Waals surface area contributed by atoms with Crippen LogP contribution in [0, 0.1) is 0 Å². The second kappa shape index (κ2) is 29.5. The molecule has 2 aliphatic rings. The fourth-order valence-electron chi connectivity index (χ4n) is 10.2. The summed E-state index contributed by atoms with van der Waals surface area (Å²) in [5.41, 5.74) is 5.93. The van der Waals surface area contributed by atoms with Crippen LogP contribution in [-0.4, -0.2) is 128 Å². The topological polar surface area (TPSA) is 185 Å². The molecule has 8 rings (SSSR count). The lowest BCUT2D eigenvalue weighted by molar-refractivity contribution is -0.135. The zero-order chi connectivity index (χ0) is 52.9. The van der Waals surface area contributed by atoms with Gasteiger partial charge in [0, 0.05) is 54.0 Å². The summed E-state index contributed by atoms with van der Waals surface area (Å²) >= 11 is 3.64. The van der Waals surface area contributed by atoms with E-state index in [-0.39, 0.29) is 82.4 Å². The molecule has 406 valence electrons. The van der Waals surface area contributed by atoms with Crippen LogP contribution in [0.2, 0.25) is 0 Å². The predicted molar refractivity (Wildman–Crippen MR) is 292 cm³/mol. The smallest absolute Gasteiger partial charge is 0.313 e. The maximum absolute atomic E-state index is 13.0. The van der Waals surface area contributed by atoms with Gasteiger partial charge in [-0.3, -0.25) is 38.3 Å². The minimum Gasteiger partial charge on any atom is -0.426 e. The number of aryl methyl sites for hydroxylation is 3. The number of nitrogens with one attached hydrogen (secondary N) is 1. The van der Waals surface area contributed by atoms with Crippen molar-refractivity contribution >= 4 is 46.3 Å². The number of fused-ring (bicyclic) bond motifs is 2. The van der Waals surface area contributed by atoms with Crippen LogP contribution in [0.25, 0.3) is 0 Å². The summed E-state index contributed by atoms with van der Waals surface area (Å²) < 4.78 is 25.9. The monoisotopic (exact) mass is 1080 g/mol. The van der Waals surface area contributed by atoms with Gasteiger partial charge in [0.2, 0.25) is 5.91 Å². The van der Waals surface area contributed by atoms with Gasteiger partial charge in [-0.25, -0.2) is 0 Å². The first kappa shape index (κ1) is 56.2. The Morgan fingerprint density at radius 2 is 1.16 bits per heavy atom. The first-order valence-electron chi connectivity index (χ1n) is 27.1. The van der Waals surface area contributed by atoms with Gasteiger partial charge in [-0.15, -0.1) is 32.9 Å². The molecule has 4 aromatic heterocycles. The molecule has 17 nitrogen and oxygen atoms in total. The Balaban J connectivity index is 0.647. The van der Waals surface area contributed by atoms with Crippen LogP contribution in [0.3, 0.4) is 0 Å². The summed E-state index contributed by atoms with van der Waals surface area (Å²) in [5.74, 6) is 0.176. The van der Waals surface area contributed by atoms with E-state index in [4.69, 9.17) is 18.9 Å². The van der Waals surface area contributed by atoms with Gasteiger partial charge in [-0.1, -0.05) is 60.7 Å². The van der Waals surface area contributed by atoms with Crippen LogP contribution in [0.15, 0.2) is 83.8 Å². The van der Waals surface area contributed by atoms with Gasteiger partial charge in [0.1, 0.15) is 30.4 Å². The third kappa shape index (κ3) is 17.3. The van der Waals surface area contributed by atoms with E-state index in [9.17, 15) is 19.2 Å². The van der Waals surface area contributed by atoms with Crippen molar-refractivity contribution in [2.45, 2.75) is 135 Å². The van der Waals surface area contributed by atoms with Crippen LogP contribution in [0.4, 0.5) is 0 Å². The number of carbonyl (C=O) groups excluding carboxylic acids is 4. The predicted octanol–water partition coefficient (Wildman–Crippen LogP) is 7.46. The minimum absolute atomic E-state index is 0.0940. The number of ether oxygens (including phenoxy) is 4. The molecule has 0 saturated carbocycles. The molecule has 2 aromatic carbocycles. The van der Waals surface area contributed by atoms with Crippen molar-refractivity contribution in [2.75, 3.05) is 52.6 Å². The molecule has 19 heteroatoms. The Bertz CT molecular complexity index is 2580. The van der Waals surface area contributed by atoms with Crippen molar-refractivity contribution in [1.29, 1.82) is 0 Å².